The molecule has 6 nitrogen and oxygen atoms in total. The first kappa shape index (κ1) is 15.0. The first-order valence-electron chi connectivity index (χ1n) is 6.55. The topological polar surface area (TPSA) is 115 Å². The molecule has 0 aliphatic heterocycles. The van der Waals surface area contributed by atoms with E-state index in [1.807, 2.05) is 0 Å². The largest absolute Gasteiger partial charge is 0.330 e. The van der Waals surface area contributed by atoms with E-state index in [0.29, 0.717) is 12.2 Å². The predicted molar refractivity (Wildman–Crippen MR) is 76.3 cm³/mol. The average Bonchev–Trinajstić information content (AvgIpc) is 2.86. The Labute approximate surface area is 118 Å². The van der Waals surface area contributed by atoms with Crippen molar-refractivity contribution in [3.05, 3.63) is 24.3 Å². The highest BCUT2D eigenvalue weighted by Gasteiger charge is 2.31. The minimum absolute atomic E-state index is 0.0243. The summed E-state index contributed by atoms with van der Waals surface area (Å²) in [5, 5.41) is 7.81. The van der Waals surface area contributed by atoms with Gasteiger partial charge in [-0.25, -0.2) is 13.6 Å². The van der Waals surface area contributed by atoms with Gasteiger partial charge in [0.25, 0.3) is 0 Å². The lowest BCUT2D eigenvalue weighted by Crippen LogP contribution is -2.29. The second kappa shape index (κ2) is 5.90. The van der Waals surface area contributed by atoms with Crippen LogP contribution in [0.1, 0.15) is 19.3 Å². The minimum Gasteiger partial charge on any atom is -0.330 e. The number of benzene rings is 1. The average molecular weight is 297 g/mol. The molecule has 0 heterocycles. The van der Waals surface area contributed by atoms with Gasteiger partial charge in [-0.05, 0) is 49.6 Å². The van der Waals surface area contributed by atoms with Crippen molar-refractivity contribution in [2.45, 2.75) is 24.2 Å². The van der Waals surface area contributed by atoms with Crippen LogP contribution in [0.15, 0.2) is 29.2 Å². The van der Waals surface area contributed by atoms with Gasteiger partial charge in [-0.15, -0.1) is 0 Å². The number of anilines is 1. The molecule has 0 bridgehead atoms. The lowest BCUT2D eigenvalue weighted by atomic mass is 9.95. The Bertz CT molecular complexity index is 583. The van der Waals surface area contributed by atoms with Gasteiger partial charge >= 0.3 is 0 Å². The van der Waals surface area contributed by atoms with Crippen molar-refractivity contribution in [3.63, 3.8) is 0 Å². The van der Waals surface area contributed by atoms with E-state index < -0.39 is 10.0 Å². The van der Waals surface area contributed by atoms with Crippen LogP contribution in [0.5, 0.6) is 0 Å². The fourth-order valence-electron chi connectivity index (χ4n) is 2.63. The molecule has 2 atom stereocenters. The van der Waals surface area contributed by atoms with E-state index in [2.05, 4.69) is 5.32 Å². The SMILES string of the molecule is NCC1CCCC1C(=O)Nc1ccc(S(N)(=O)=O)cc1. The Morgan fingerprint density at radius 1 is 1.25 bits per heavy atom. The summed E-state index contributed by atoms with van der Waals surface area (Å²) in [6.07, 6.45) is 2.85. The van der Waals surface area contributed by atoms with Crippen LogP contribution in [0, 0.1) is 11.8 Å². The van der Waals surface area contributed by atoms with Gasteiger partial charge in [0.2, 0.25) is 15.9 Å². The molecule has 2 rings (SSSR count). The monoisotopic (exact) mass is 297 g/mol. The third-order valence-electron chi connectivity index (χ3n) is 3.75. The smallest absolute Gasteiger partial charge is 0.238 e. The number of carbonyl (C=O) groups is 1. The minimum atomic E-state index is -3.71. The zero-order valence-corrected chi connectivity index (χ0v) is 11.9. The van der Waals surface area contributed by atoms with Crippen molar-refractivity contribution < 1.29 is 13.2 Å². The molecule has 1 aromatic rings. The molecule has 1 fully saturated rings. The van der Waals surface area contributed by atoms with Gasteiger partial charge in [0.15, 0.2) is 0 Å². The van der Waals surface area contributed by atoms with Crippen molar-refractivity contribution >= 4 is 21.6 Å². The number of nitrogens with two attached hydrogens (primary N) is 2. The Hall–Kier alpha value is -1.44. The van der Waals surface area contributed by atoms with E-state index in [0.717, 1.165) is 19.3 Å². The third-order valence-corrected chi connectivity index (χ3v) is 4.68. The van der Waals surface area contributed by atoms with Gasteiger partial charge in [-0.1, -0.05) is 6.42 Å². The third kappa shape index (κ3) is 3.36. The summed E-state index contributed by atoms with van der Waals surface area (Å²) in [6, 6.07) is 5.81. The van der Waals surface area contributed by atoms with Crippen LogP contribution in [0.4, 0.5) is 5.69 Å². The molecule has 7 heteroatoms. The van der Waals surface area contributed by atoms with E-state index in [9.17, 15) is 13.2 Å². The van der Waals surface area contributed by atoms with Crippen LogP contribution in [-0.4, -0.2) is 20.9 Å². The van der Waals surface area contributed by atoms with Crippen LogP contribution in [-0.2, 0) is 14.8 Å². The summed E-state index contributed by atoms with van der Waals surface area (Å²) in [6.45, 7) is 0.516. The highest BCUT2D eigenvalue weighted by Crippen LogP contribution is 2.31. The maximum Gasteiger partial charge on any atom is 0.238 e. The van der Waals surface area contributed by atoms with E-state index >= 15 is 0 Å². The number of rotatable bonds is 4. The van der Waals surface area contributed by atoms with Crippen LogP contribution in [0.25, 0.3) is 0 Å². The molecule has 1 aliphatic carbocycles. The molecule has 0 radical (unpaired) electrons. The Morgan fingerprint density at radius 3 is 2.45 bits per heavy atom. The number of sulfonamides is 1. The van der Waals surface area contributed by atoms with Crippen molar-refractivity contribution in [1.82, 2.24) is 0 Å². The van der Waals surface area contributed by atoms with Gasteiger partial charge in [-0.3, -0.25) is 4.79 Å². The summed E-state index contributed by atoms with van der Waals surface area (Å²) in [4.78, 5) is 12.2. The van der Waals surface area contributed by atoms with Gasteiger partial charge in [0.05, 0.1) is 4.90 Å². The molecule has 2 unspecified atom stereocenters. The van der Waals surface area contributed by atoms with E-state index in [-0.39, 0.29) is 22.6 Å². The first-order valence-corrected chi connectivity index (χ1v) is 8.10. The Balaban J connectivity index is 2.05. The summed E-state index contributed by atoms with van der Waals surface area (Å²) < 4.78 is 22.3. The molecular formula is C13H19N3O3S. The highest BCUT2D eigenvalue weighted by atomic mass is 32.2. The fraction of sp³-hybridized carbons (Fsp3) is 0.462. The predicted octanol–water partition coefficient (Wildman–Crippen LogP) is 0.648. The van der Waals surface area contributed by atoms with E-state index in [1.165, 1.54) is 24.3 Å². The Kier molecular flexibility index (Phi) is 4.42. The normalized spacial score (nSPS) is 22.7. The molecule has 110 valence electrons. The lowest BCUT2D eigenvalue weighted by Gasteiger charge is -2.17. The van der Waals surface area contributed by atoms with Crippen LogP contribution in [0.2, 0.25) is 0 Å². The number of nitrogens with one attached hydrogen (secondary N) is 1. The Morgan fingerprint density at radius 2 is 1.90 bits per heavy atom. The molecular weight excluding hydrogens is 278 g/mol. The molecule has 1 aliphatic rings. The molecule has 0 spiro atoms. The van der Waals surface area contributed by atoms with Gasteiger partial charge in [0.1, 0.15) is 0 Å². The lowest BCUT2D eigenvalue weighted by molar-refractivity contribution is -0.120. The van der Waals surface area contributed by atoms with Crippen LogP contribution >= 0.6 is 0 Å². The number of primary sulfonamides is 1. The number of hydrogen-bond acceptors (Lipinski definition) is 4. The molecule has 1 aromatic carbocycles. The first-order chi connectivity index (χ1) is 9.41. The maximum absolute atomic E-state index is 12.2. The maximum atomic E-state index is 12.2. The summed E-state index contributed by atoms with van der Waals surface area (Å²) in [7, 11) is -3.71. The zero-order chi connectivity index (χ0) is 14.8. The summed E-state index contributed by atoms with van der Waals surface area (Å²) in [5.74, 6) is 0.123. The zero-order valence-electron chi connectivity index (χ0n) is 11.1. The van der Waals surface area contributed by atoms with Gasteiger partial charge < -0.3 is 11.1 Å². The summed E-state index contributed by atoms with van der Waals surface area (Å²) in [5.41, 5.74) is 6.22. The number of carbonyl (C=O) groups excluding carboxylic acids is 1. The van der Waals surface area contributed by atoms with E-state index in [1.54, 1.807) is 0 Å². The van der Waals surface area contributed by atoms with Crippen molar-refractivity contribution in [2.75, 3.05) is 11.9 Å². The van der Waals surface area contributed by atoms with Crippen LogP contribution in [0.3, 0.4) is 0 Å². The van der Waals surface area contributed by atoms with Gasteiger partial charge in [-0.2, -0.15) is 0 Å². The van der Waals surface area contributed by atoms with Crippen LogP contribution < -0.4 is 16.2 Å². The molecule has 0 aromatic heterocycles. The summed E-state index contributed by atoms with van der Waals surface area (Å²) >= 11 is 0. The van der Waals surface area contributed by atoms with Crippen molar-refractivity contribution in [3.8, 4) is 0 Å². The van der Waals surface area contributed by atoms with Gasteiger partial charge in [0, 0.05) is 11.6 Å². The fourth-order valence-corrected chi connectivity index (χ4v) is 3.14. The van der Waals surface area contributed by atoms with Crippen molar-refractivity contribution in [2.24, 2.45) is 22.7 Å². The molecule has 0 saturated heterocycles. The molecule has 20 heavy (non-hydrogen) atoms. The van der Waals surface area contributed by atoms with Crippen molar-refractivity contribution in [1.29, 1.82) is 0 Å². The number of hydrogen-bond donors (Lipinski definition) is 3. The van der Waals surface area contributed by atoms with E-state index in [4.69, 9.17) is 10.9 Å². The highest BCUT2D eigenvalue weighted by molar-refractivity contribution is 7.89. The number of amides is 1. The second-order valence-electron chi connectivity index (χ2n) is 5.09. The quantitative estimate of drug-likeness (QED) is 0.756. The second-order valence-corrected chi connectivity index (χ2v) is 6.65. The molecule has 1 saturated carbocycles. The standard InChI is InChI=1S/C13H19N3O3S/c14-8-9-2-1-3-12(9)13(17)16-10-4-6-11(7-5-10)20(15,18)19/h4-7,9,12H,1-3,8,14H2,(H,16,17)(H2,15,18,19). The molecule has 5 N–H and O–H groups in total. The molecule has 1 amide bonds.